The topological polar surface area (TPSA) is 38.9 Å². The average molecular weight is 351 g/mol. The van der Waals surface area contributed by atoms with Crippen LogP contribution in [0.4, 0.5) is 0 Å². The van der Waals surface area contributed by atoms with Crippen LogP contribution in [-0.4, -0.2) is 10.4 Å². The Balaban J connectivity index is 1.89. The van der Waals surface area contributed by atoms with Gasteiger partial charge in [-0.15, -0.1) is 5.10 Å². The van der Waals surface area contributed by atoms with Crippen LogP contribution < -0.4 is 0 Å². The van der Waals surface area contributed by atoms with Crippen molar-refractivity contribution in [2.45, 2.75) is 129 Å². The molecule has 1 atom stereocenters. The summed E-state index contributed by atoms with van der Waals surface area (Å²) in [6.45, 7) is 6.79. The van der Waals surface area contributed by atoms with Crippen molar-refractivity contribution in [3.05, 3.63) is 12.0 Å². The standard InChI is InChI=1S/C22H42N2O/c1-4-6-7-8-9-10-11-12-13-14-15-16-17-18-19-22(3,5-2)21-20-23-24-25-21/h20H,4-19H2,1-3H3. The first-order valence-corrected chi connectivity index (χ1v) is 11.0. The summed E-state index contributed by atoms with van der Waals surface area (Å²) < 4.78 is 5.30. The maximum Gasteiger partial charge on any atom is 0.163 e. The summed E-state index contributed by atoms with van der Waals surface area (Å²) in [6, 6.07) is 0. The molecule has 1 aromatic heterocycles. The molecule has 1 aromatic rings. The van der Waals surface area contributed by atoms with Crippen LogP contribution in [0.15, 0.2) is 10.7 Å². The fourth-order valence-corrected chi connectivity index (χ4v) is 3.62. The van der Waals surface area contributed by atoms with Crippen LogP contribution in [-0.2, 0) is 5.41 Å². The van der Waals surface area contributed by atoms with Gasteiger partial charge in [0.2, 0.25) is 0 Å². The van der Waals surface area contributed by atoms with Crippen molar-refractivity contribution >= 4 is 0 Å². The number of hydrogen-bond donors (Lipinski definition) is 0. The number of rotatable bonds is 17. The summed E-state index contributed by atoms with van der Waals surface area (Å²) in [4.78, 5) is 0. The van der Waals surface area contributed by atoms with Crippen molar-refractivity contribution in [1.29, 1.82) is 0 Å². The lowest BCUT2D eigenvalue weighted by molar-refractivity contribution is 0.269. The van der Waals surface area contributed by atoms with Crippen LogP contribution in [0.3, 0.4) is 0 Å². The zero-order valence-corrected chi connectivity index (χ0v) is 17.2. The Bertz CT molecular complexity index is 391. The minimum absolute atomic E-state index is 0.112. The van der Waals surface area contributed by atoms with E-state index >= 15 is 0 Å². The first-order chi connectivity index (χ1) is 12.2. The quantitative estimate of drug-likeness (QED) is 0.271. The molecule has 0 aliphatic carbocycles. The van der Waals surface area contributed by atoms with Gasteiger partial charge in [0.15, 0.2) is 5.76 Å². The summed E-state index contributed by atoms with van der Waals surface area (Å²) in [7, 11) is 0. The highest BCUT2D eigenvalue weighted by Crippen LogP contribution is 2.32. The van der Waals surface area contributed by atoms with Gasteiger partial charge < -0.3 is 4.52 Å². The van der Waals surface area contributed by atoms with Crippen LogP contribution in [0.25, 0.3) is 0 Å². The van der Waals surface area contributed by atoms with Crippen LogP contribution in [0.1, 0.15) is 129 Å². The minimum Gasteiger partial charge on any atom is -0.342 e. The molecule has 0 N–H and O–H groups in total. The lowest BCUT2D eigenvalue weighted by Gasteiger charge is -2.24. The fraction of sp³-hybridized carbons (Fsp3) is 0.909. The highest BCUT2D eigenvalue weighted by Gasteiger charge is 2.28. The minimum atomic E-state index is 0.112. The smallest absolute Gasteiger partial charge is 0.163 e. The third kappa shape index (κ3) is 10.0. The van der Waals surface area contributed by atoms with E-state index < -0.39 is 0 Å². The number of nitrogens with zero attached hydrogens (tertiary/aromatic N) is 2. The van der Waals surface area contributed by atoms with Crippen molar-refractivity contribution in [2.24, 2.45) is 0 Å². The lowest BCUT2D eigenvalue weighted by atomic mass is 9.80. The van der Waals surface area contributed by atoms with E-state index in [4.69, 9.17) is 4.52 Å². The normalized spacial score (nSPS) is 13.9. The summed E-state index contributed by atoms with van der Waals surface area (Å²) in [6.07, 6.45) is 23.8. The van der Waals surface area contributed by atoms with Crippen molar-refractivity contribution < 1.29 is 4.52 Å². The van der Waals surface area contributed by atoms with Gasteiger partial charge in [-0.3, -0.25) is 0 Å². The maximum absolute atomic E-state index is 5.30. The Kier molecular flexibility index (Phi) is 12.7. The van der Waals surface area contributed by atoms with Gasteiger partial charge in [0, 0.05) is 10.7 Å². The SMILES string of the molecule is CCCCCCCCCCCCCCCCC(C)(CC)c1cnno1. The molecule has 3 nitrogen and oxygen atoms in total. The number of unbranched alkanes of at least 4 members (excludes halogenated alkanes) is 13. The Hall–Kier alpha value is -0.860. The van der Waals surface area contributed by atoms with Crippen LogP contribution in [0.2, 0.25) is 0 Å². The maximum atomic E-state index is 5.30. The van der Waals surface area contributed by atoms with E-state index in [-0.39, 0.29) is 5.41 Å². The molecule has 0 aliphatic rings. The van der Waals surface area contributed by atoms with Gasteiger partial charge in [-0.05, 0) is 12.8 Å². The van der Waals surface area contributed by atoms with E-state index in [0.717, 1.165) is 12.2 Å². The molecule has 0 saturated carbocycles. The summed E-state index contributed by atoms with van der Waals surface area (Å²) in [5.41, 5.74) is 0.112. The number of aromatic nitrogens is 2. The molecule has 1 unspecified atom stereocenters. The van der Waals surface area contributed by atoms with E-state index in [0.29, 0.717) is 0 Å². The zero-order valence-electron chi connectivity index (χ0n) is 17.2. The van der Waals surface area contributed by atoms with Gasteiger partial charge in [-0.2, -0.15) is 0 Å². The predicted octanol–water partition coefficient (Wildman–Crippen LogP) is 7.61. The molecule has 1 heterocycles. The third-order valence-corrected chi connectivity index (χ3v) is 5.82. The summed E-state index contributed by atoms with van der Waals surface area (Å²) >= 11 is 0. The van der Waals surface area contributed by atoms with Gasteiger partial charge in [0.25, 0.3) is 0 Å². The van der Waals surface area contributed by atoms with E-state index in [1.165, 1.54) is 96.3 Å². The van der Waals surface area contributed by atoms with Crippen LogP contribution in [0.5, 0.6) is 0 Å². The molecule has 3 heteroatoms. The molecule has 0 aromatic carbocycles. The van der Waals surface area contributed by atoms with E-state index in [1.54, 1.807) is 6.20 Å². The van der Waals surface area contributed by atoms with E-state index in [9.17, 15) is 0 Å². The molecular weight excluding hydrogens is 308 g/mol. The second-order valence-electron chi connectivity index (χ2n) is 8.04. The van der Waals surface area contributed by atoms with Crippen LogP contribution in [0, 0.1) is 0 Å². The largest absolute Gasteiger partial charge is 0.342 e. The van der Waals surface area contributed by atoms with Crippen LogP contribution >= 0.6 is 0 Å². The first-order valence-electron chi connectivity index (χ1n) is 11.0. The molecule has 25 heavy (non-hydrogen) atoms. The molecule has 0 aliphatic heterocycles. The molecule has 0 bridgehead atoms. The Morgan fingerprint density at radius 2 is 1.24 bits per heavy atom. The van der Waals surface area contributed by atoms with Gasteiger partial charge in [-0.25, -0.2) is 0 Å². The molecule has 1 rings (SSSR count). The fourth-order valence-electron chi connectivity index (χ4n) is 3.62. The Morgan fingerprint density at radius 3 is 1.64 bits per heavy atom. The molecule has 0 amide bonds. The highest BCUT2D eigenvalue weighted by atomic mass is 16.5. The van der Waals surface area contributed by atoms with Crippen molar-refractivity contribution in [3.8, 4) is 0 Å². The Labute approximate surface area is 156 Å². The first kappa shape index (κ1) is 22.2. The third-order valence-electron chi connectivity index (χ3n) is 5.82. The lowest BCUT2D eigenvalue weighted by Crippen LogP contribution is -2.20. The molecular formula is C22H42N2O. The van der Waals surface area contributed by atoms with Crippen molar-refractivity contribution in [2.75, 3.05) is 0 Å². The van der Waals surface area contributed by atoms with E-state index in [1.807, 2.05) is 0 Å². The Morgan fingerprint density at radius 1 is 0.760 bits per heavy atom. The van der Waals surface area contributed by atoms with E-state index in [2.05, 4.69) is 31.1 Å². The number of hydrogen-bond acceptors (Lipinski definition) is 3. The molecule has 0 fully saturated rings. The molecule has 0 radical (unpaired) electrons. The average Bonchev–Trinajstić information content (AvgIpc) is 3.17. The zero-order chi connectivity index (χ0) is 18.2. The monoisotopic (exact) mass is 350 g/mol. The highest BCUT2D eigenvalue weighted by molar-refractivity contribution is 5.06. The predicted molar refractivity (Wildman–Crippen MR) is 107 cm³/mol. The van der Waals surface area contributed by atoms with Crippen molar-refractivity contribution in [1.82, 2.24) is 10.4 Å². The van der Waals surface area contributed by atoms with Crippen molar-refractivity contribution in [3.63, 3.8) is 0 Å². The summed E-state index contributed by atoms with van der Waals surface area (Å²) in [5.74, 6) is 0.949. The molecule has 146 valence electrons. The molecule has 0 saturated heterocycles. The van der Waals surface area contributed by atoms with Gasteiger partial charge >= 0.3 is 0 Å². The van der Waals surface area contributed by atoms with Gasteiger partial charge in [-0.1, -0.05) is 111 Å². The second-order valence-corrected chi connectivity index (χ2v) is 8.04. The second kappa shape index (κ2) is 14.3. The van der Waals surface area contributed by atoms with Gasteiger partial charge in [0.05, 0.1) is 6.20 Å². The molecule has 0 spiro atoms. The summed E-state index contributed by atoms with van der Waals surface area (Å²) in [5, 5.41) is 7.47. The van der Waals surface area contributed by atoms with Gasteiger partial charge in [0.1, 0.15) is 0 Å².